The molecule has 21 heavy (non-hydrogen) atoms. The number of anilines is 3. The van der Waals surface area contributed by atoms with Crippen molar-refractivity contribution >= 4 is 40.3 Å². The van der Waals surface area contributed by atoms with E-state index < -0.39 is 0 Å². The Balaban J connectivity index is 1.93. The highest BCUT2D eigenvalue weighted by Gasteiger charge is 2.00. The Hall–Kier alpha value is -2.60. The number of hydrogen-bond acceptors (Lipinski definition) is 3. The molecule has 0 aromatic heterocycles. The van der Waals surface area contributed by atoms with Crippen LogP contribution in [-0.4, -0.2) is 16.1 Å². The van der Waals surface area contributed by atoms with Crippen LogP contribution in [-0.2, 0) is 4.79 Å². The van der Waals surface area contributed by atoms with Crippen molar-refractivity contribution in [1.82, 2.24) is 0 Å². The molecular weight excluding hydrogens is 286 g/mol. The minimum Gasteiger partial charge on any atom is -0.508 e. The van der Waals surface area contributed by atoms with Gasteiger partial charge in [0.15, 0.2) is 5.11 Å². The van der Waals surface area contributed by atoms with Crippen LogP contribution in [0, 0.1) is 0 Å². The van der Waals surface area contributed by atoms with Crippen LogP contribution in [0.25, 0.3) is 0 Å². The smallest absolute Gasteiger partial charge is 0.221 e. The highest BCUT2D eigenvalue weighted by molar-refractivity contribution is 7.80. The molecule has 0 heterocycles. The molecule has 2 rings (SSSR count). The lowest BCUT2D eigenvalue weighted by Crippen LogP contribution is -2.18. The van der Waals surface area contributed by atoms with Crippen molar-refractivity contribution in [3.63, 3.8) is 0 Å². The molecule has 0 atom stereocenters. The average molecular weight is 301 g/mol. The molecule has 0 saturated heterocycles. The third-order valence-corrected chi connectivity index (χ3v) is 2.79. The van der Waals surface area contributed by atoms with Gasteiger partial charge >= 0.3 is 0 Å². The number of nitrogens with one attached hydrogen (secondary N) is 3. The van der Waals surface area contributed by atoms with Crippen LogP contribution in [0.3, 0.4) is 0 Å². The number of benzene rings is 2. The molecule has 0 aliphatic heterocycles. The van der Waals surface area contributed by atoms with E-state index in [2.05, 4.69) is 16.0 Å². The van der Waals surface area contributed by atoms with Gasteiger partial charge in [-0.2, -0.15) is 0 Å². The lowest BCUT2D eigenvalue weighted by atomic mass is 10.3. The van der Waals surface area contributed by atoms with Crippen molar-refractivity contribution in [2.45, 2.75) is 6.92 Å². The van der Waals surface area contributed by atoms with Crippen LogP contribution in [0.1, 0.15) is 6.92 Å². The summed E-state index contributed by atoms with van der Waals surface area (Å²) in [7, 11) is 0. The summed E-state index contributed by atoms with van der Waals surface area (Å²) in [5.74, 6) is 0.0909. The summed E-state index contributed by atoms with van der Waals surface area (Å²) in [5, 5.41) is 18.4. The number of rotatable bonds is 3. The maximum Gasteiger partial charge on any atom is 0.221 e. The summed E-state index contributed by atoms with van der Waals surface area (Å²) in [6.07, 6.45) is 0. The van der Waals surface area contributed by atoms with E-state index in [0.29, 0.717) is 5.11 Å². The van der Waals surface area contributed by atoms with Gasteiger partial charge in [0.1, 0.15) is 5.75 Å². The number of aromatic hydroxyl groups is 1. The second kappa shape index (κ2) is 6.71. The van der Waals surface area contributed by atoms with Gasteiger partial charge in [0.2, 0.25) is 5.91 Å². The van der Waals surface area contributed by atoms with Crippen LogP contribution < -0.4 is 16.0 Å². The summed E-state index contributed by atoms with van der Waals surface area (Å²) >= 11 is 5.20. The standard InChI is InChI=1S/C15H15N3O2S/c1-10(19)16-11-2-4-12(5-3-11)17-15(21)18-13-6-8-14(20)9-7-13/h2-9,20H,1H3,(H,16,19)(H2,17,18,21). The maximum absolute atomic E-state index is 10.9. The lowest BCUT2D eigenvalue weighted by Gasteiger charge is -2.11. The largest absolute Gasteiger partial charge is 0.508 e. The fourth-order valence-corrected chi connectivity index (χ4v) is 1.91. The topological polar surface area (TPSA) is 73.4 Å². The number of carbonyl (C=O) groups excluding carboxylic acids is 1. The van der Waals surface area contributed by atoms with E-state index in [4.69, 9.17) is 12.2 Å². The number of phenolic OH excluding ortho intramolecular Hbond substituents is 1. The van der Waals surface area contributed by atoms with Crippen LogP contribution in [0.5, 0.6) is 5.75 Å². The molecule has 0 fully saturated rings. The monoisotopic (exact) mass is 301 g/mol. The quantitative estimate of drug-likeness (QED) is 0.518. The second-order valence-electron chi connectivity index (χ2n) is 4.38. The first-order valence-electron chi connectivity index (χ1n) is 6.27. The Labute approximate surface area is 128 Å². The summed E-state index contributed by atoms with van der Waals surface area (Å²) in [4.78, 5) is 10.9. The number of phenols is 1. The predicted molar refractivity (Wildman–Crippen MR) is 88.7 cm³/mol. The average Bonchev–Trinajstić information content (AvgIpc) is 2.43. The molecule has 1 amide bonds. The molecule has 0 spiro atoms. The third-order valence-electron chi connectivity index (χ3n) is 2.59. The van der Waals surface area contributed by atoms with Crippen molar-refractivity contribution < 1.29 is 9.90 Å². The number of hydrogen-bond donors (Lipinski definition) is 4. The maximum atomic E-state index is 10.9. The molecular formula is C15H15N3O2S. The number of amides is 1. The first-order chi connectivity index (χ1) is 10.0. The molecule has 108 valence electrons. The Kier molecular flexibility index (Phi) is 4.73. The highest BCUT2D eigenvalue weighted by atomic mass is 32.1. The van der Waals surface area contributed by atoms with Gasteiger partial charge in [-0.1, -0.05) is 0 Å². The molecule has 0 unspecified atom stereocenters. The highest BCUT2D eigenvalue weighted by Crippen LogP contribution is 2.16. The van der Waals surface area contributed by atoms with Crippen LogP contribution >= 0.6 is 12.2 Å². The number of carbonyl (C=O) groups is 1. The molecule has 0 bridgehead atoms. The molecule has 4 N–H and O–H groups in total. The van der Waals surface area contributed by atoms with Crippen molar-refractivity contribution in [3.8, 4) is 5.75 Å². The van der Waals surface area contributed by atoms with Crippen LogP contribution in [0.2, 0.25) is 0 Å². The molecule has 2 aromatic carbocycles. The SMILES string of the molecule is CC(=O)Nc1ccc(NC(=S)Nc2ccc(O)cc2)cc1. The summed E-state index contributed by atoms with van der Waals surface area (Å²) in [6, 6.07) is 13.8. The first kappa shape index (κ1) is 14.8. The van der Waals surface area contributed by atoms with Crippen molar-refractivity contribution in [2.24, 2.45) is 0 Å². The Morgan fingerprint density at radius 3 is 1.67 bits per heavy atom. The van der Waals surface area contributed by atoms with E-state index in [-0.39, 0.29) is 11.7 Å². The Morgan fingerprint density at radius 1 is 0.857 bits per heavy atom. The van der Waals surface area contributed by atoms with Crippen molar-refractivity contribution in [1.29, 1.82) is 0 Å². The zero-order valence-corrected chi connectivity index (χ0v) is 12.2. The minimum absolute atomic E-state index is 0.111. The lowest BCUT2D eigenvalue weighted by molar-refractivity contribution is -0.114. The molecule has 0 aliphatic carbocycles. The van der Waals surface area contributed by atoms with Gasteiger partial charge in [-0.25, -0.2) is 0 Å². The van der Waals surface area contributed by atoms with E-state index in [1.807, 2.05) is 12.1 Å². The van der Waals surface area contributed by atoms with E-state index in [1.54, 1.807) is 36.4 Å². The van der Waals surface area contributed by atoms with Gasteiger partial charge in [0.05, 0.1) is 0 Å². The predicted octanol–water partition coefficient (Wildman–Crippen LogP) is 3.16. The Morgan fingerprint density at radius 2 is 1.24 bits per heavy atom. The van der Waals surface area contributed by atoms with Gasteiger partial charge in [-0.05, 0) is 60.7 Å². The van der Waals surface area contributed by atoms with Gasteiger partial charge in [0.25, 0.3) is 0 Å². The van der Waals surface area contributed by atoms with Gasteiger partial charge in [-0.3, -0.25) is 4.79 Å². The molecule has 0 saturated carbocycles. The normalized spacial score (nSPS) is 9.76. The van der Waals surface area contributed by atoms with Crippen LogP contribution in [0.4, 0.5) is 17.1 Å². The fraction of sp³-hybridized carbons (Fsp3) is 0.0667. The molecule has 0 aliphatic rings. The van der Waals surface area contributed by atoms with Crippen molar-refractivity contribution in [2.75, 3.05) is 16.0 Å². The van der Waals surface area contributed by atoms with Gasteiger partial charge < -0.3 is 21.1 Å². The second-order valence-corrected chi connectivity index (χ2v) is 4.79. The summed E-state index contributed by atoms with van der Waals surface area (Å²) in [6.45, 7) is 1.46. The van der Waals surface area contributed by atoms with Crippen molar-refractivity contribution in [3.05, 3.63) is 48.5 Å². The van der Waals surface area contributed by atoms with E-state index in [9.17, 15) is 9.90 Å². The molecule has 6 heteroatoms. The van der Waals surface area contributed by atoms with E-state index >= 15 is 0 Å². The molecule has 0 radical (unpaired) electrons. The third kappa shape index (κ3) is 4.77. The Bertz CT molecular complexity index is 639. The van der Waals surface area contributed by atoms with E-state index in [1.165, 1.54) is 6.92 Å². The van der Waals surface area contributed by atoms with E-state index in [0.717, 1.165) is 17.1 Å². The number of thiocarbonyl (C=S) groups is 1. The van der Waals surface area contributed by atoms with Crippen LogP contribution in [0.15, 0.2) is 48.5 Å². The minimum atomic E-state index is -0.111. The summed E-state index contributed by atoms with van der Waals surface area (Å²) in [5.41, 5.74) is 2.31. The van der Waals surface area contributed by atoms with Gasteiger partial charge in [-0.15, -0.1) is 0 Å². The molecule has 5 nitrogen and oxygen atoms in total. The zero-order valence-electron chi connectivity index (χ0n) is 11.4. The van der Waals surface area contributed by atoms with Gasteiger partial charge in [0, 0.05) is 24.0 Å². The summed E-state index contributed by atoms with van der Waals surface area (Å²) < 4.78 is 0. The zero-order chi connectivity index (χ0) is 15.2. The molecule has 2 aromatic rings. The fourth-order valence-electron chi connectivity index (χ4n) is 1.68. The first-order valence-corrected chi connectivity index (χ1v) is 6.68.